The maximum Gasteiger partial charge on any atom is 0.175 e. The third kappa shape index (κ3) is 2.02. The van der Waals surface area contributed by atoms with Crippen LogP contribution < -0.4 is 5.90 Å². The van der Waals surface area contributed by atoms with Crippen LogP contribution in [0.2, 0.25) is 0 Å². The summed E-state index contributed by atoms with van der Waals surface area (Å²) in [5.74, 6) is 1.54. The normalized spacial score (nSPS) is 10.6. The van der Waals surface area contributed by atoms with Crippen LogP contribution in [0, 0.1) is 17.5 Å². The van der Waals surface area contributed by atoms with Crippen LogP contribution in [0.4, 0.5) is 13.2 Å². The molecular weight excluding hydrogens is 215 g/mol. The highest BCUT2D eigenvalue weighted by atomic mass is 32.2. The van der Waals surface area contributed by atoms with Crippen molar-refractivity contribution < 1.29 is 18.0 Å². The lowest BCUT2D eigenvalue weighted by molar-refractivity contribution is 0.120. The average molecular weight is 223 g/mol. The molecule has 6 heteroatoms. The molecule has 1 aromatic carbocycles. The number of benzene rings is 1. The Kier molecular flexibility index (Phi) is 3.79. The minimum Gasteiger partial charge on any atom is -0.300 e. The van der Waals surface area contributed by atoms with Gasteiger partial charge in [0, 0.05) is 5.56 Å². The van der Waals surface area contributed by atoms with Gasteiger partial charge in [0.05, 0.1) is 11.5 Å². The standard InChI is InChI=1S/C8H8F3NOS/c1-14-8-5(9)2-4(3-13-12)6(10)7(8)11/h2H,3,12H2,1H3. The van der Waals surface area contributed by atoms with Crippen molar-refractivity contribution in [2.75, 3.05) is 6.26 Å². The molecule has 1 rings (SSSR count). The predicted octanol–water partition coefficient (Wildman–Crippen LogP) is 2.22. The molecule has 0 fully saturated rings. The summed E-state index contributed by atoms with van der Waals surface area (Å²) in [4.78, 5) is 3.77. The van der Waals surface area contributed by atoms with E-state index in [-0.39, 0.29) is 17.1 Å². The average Bonchev–Trinajstić information content (AvgIpc) is 2.15. The Morgan fingerprint density at radius 2 is 2.00 bits per heavy atom. The topological polar surface area (TPSA) is 35.2 Å². The number of rotatable bonds is 3. The molecule has 0 unspecified atom stereocenters. The van der Waals surface area contributed by atoms with Crippen molar-refractivity contribution in [1.82, 2.24) is 0 Å². The molecular formula is C8H8F3NOS. The summed E-state index contributed by atoms with van der Waals surface area (Å²) in [6.07, 6.45) is 1.46. The third-order valence-electron chi connectivity index (χ3n) is 1.63. The van der Waals surface area contributed by atoms with Gasteiger partial charge in [-0.3, -0.25) is 4.84 Å². The van der Waals surface area contributed by atoms with Crippen LogP contribution in [-0.2, 0) is 11.4 Å². The fraction of sp³-hybridized carbons (Fsp3) is 0.250. The van der Waals surface area contributed by atoms with Gasteiger partial charge in [-0.05, 0) is 12.3 Å². The van der Waals surface area contributed by atoms with Crippen molar-refractivity contribution in [3.05, 3.63) is 29.1 Å². The van der Waals surface area contributed by atoms with E-state index >= 15 is 0 Å². The molecule has 2 N–H and O–H groups in total. The van der Waals surface area contributed by atoms with Gasteiger partial charge in [-0.1, -0.05) is 0 Å². The molecule has 0 saturated carbocycles. The summed E-state index contributed by atoms with van der Waals surface area (Å²) < 4.78 is 39.3. The van der Waals surface area contributed by atoms with Crippen LogP contribution in [0.25, 0.3) is 0 Å². The van der Waals surface area contributed by atoms with Crippen LogP contribution in [-0.4, -0.2) is 6.26 Å². The highest BCUT2D eigenvalue weighted by Crippen LogP contribution is 2.27. The molecule has 14 heavy (non-hydrogen) atoms. The monoisotopic (exact) mass is 223 g/mol. The van der Waals surface area contributed by atoms with Gasteiger partial charge in [0.15, 0.2) is 11.6 Å². The Balaban J connectivity index is 3.25. The molecule has 0 atom stereocenters. The van der Waals surface area contributed by atoms with Gasteiger partial charge in [0.25, 0.3) is 0 Å². The molecule has 0 aliphatic carbocycles. The van der Waals surface area contributed by atoms with Gasteiger partial charge in [-0.2, -0.15) is 0 Å². The van der Waals surface area contributed by atoms with Crippen molar-refractivity contribution in [3.8, 4) is 0 Å². The van der Waals surface area contributed by atoms with E-state index in [4.69, 9.17) is 0 Å². The first-order chi connectivity index (χ1) is 6.61. The molecule has 0 bridgehead atoms. The van der Waals surface area contributed by atoms with Crippen molar-refractivity contribution in [2.45, 2.75) is 11.5 Å². The van der Waals surface area contributed by atoms with E-state index in [1.165, 1.54) is 6.26 Å². The lowest BCUT2D eigenvalue weighted by atomic mass is 10.2. The maximum absolute atomic E-state index is 13.1. The number of hydrogen-bond donors (Lipinski definition) is 1. The fourth-order valence-corrected chi connectivity index (χ4v) is 1.53. The number of hydrogen-bond acceptors (Lipinski definition) is 3. The molecule has 0 aliphatic rings. The van der Waals surface area contributed by atoms with Crippen molar-refractivity contribution in [2.24, 2.45) is 5.90 Å². The molecule has 0 spiro atoms. The predicted molar refractivity (Wildman–Crippen MR) is 47.1 cm³/mol. The first-order valence-electron chi connectivity index (χ1n) is 3.63. The molecule has 0 radical (unpaired) electrons. The summed E-state index contributed by atoms with van der Waals surface area (Å²) in [5, 5.41) is 0. The molecule has 0 heterocycles. The Bertz CT molecular complexity index is 346. The Morgan fingerprint density at radius 3 is 2.50 bits per heavy atom. The van der Waals surface area contributed by atoms with Gasteiger partial charge >= 0.3 is 0 Å². The SMILES string of the molecule is CSc1c(F)cc(CON)c(F)c1F. The van der Waals surface area contributed by atoms with Crippen LogP contribution in [0.5, 0.6) is 0 Å². The maximum atomic E-state index is 13.1. The minimum absolute atomic E-state index is 0.236. The van der Waals surface area contributed by atoms with E-state index < -0.39 is 17.5 Å². The second-order valence-corrected chi connectivity index (χ2v) is 3.31. The van der Waals surface area contributed by atoms with Gasteiger partial charge in [-0.15, -0.1) is 11.8 Å². The molecule has 0 amide bonds. The fourth-order valence-electron chi connectivity index (χ4n) is 1.01. The molecule has 0 aromatic heterocycles. The summed E-state index contributed by atoms with van der Waals surface area (Å²) in [6.45, 7) is -0.367. The first-order valence-corrected chi connectivity index (χ1v) is 4.86. The number of thioether (sulfide) groups is 1. The third-order valence-corrected chi connectivity index (χ3v) is 2.42. The Labute approximate surface area is 83.2 Å². The van der Waals surface area contributed by atoms with E-state index in [2.05, 4.69) is 10.7 Å². The smallest absolute Gasteiger partial charge is 0.175 e. The van der Waals surface area contributed by atoms with Crippen LogP contribution in [0.15, 0.2) is 11.0 Å². The van der Waals surface area contributed by atoms with Crippen molar-refractivity contribution in [1.29, 1.82) is 0 Å². The van der Waals surface area contributed by atoms with Crippen LogP contribution in [0.1, 0.15) is 5.56 Å². The second kappa shape index (κ2) is 4.68. The van der Waals surface area contributed by atoms with Gasteiger partial charge < -0.3 is 0 Å². The quantitative estimate of drug-likeness (QED) is 0.485. The van der Waals surface area contributed by atoms with E-state index in [9.17, 15) is 13.2 Å². The van der Waals surface area contributed by atoms with E-state index in [0.717, 1.165) is 17.8 Å². The lowest BCUT2D eigenvalue weighted by Crippen LogP contribution is -2.05. The zero-order valence-corrected chi connectivity index (χ0v) is 8.13. The summed E-state index contributed by atoms with van der Waals surface area (Å²) in [5.41, 5.74) is -0.236. The number of halogens is 3. The molecule has 0 aliphatic heterocycles. The minimum atomic E-state index is -1.20. The van der Waals surface area contributed by atoms with Gasteiger partial charge in [0.1, 0.15) is 5.82 Å². The van der Waals surface area contributed by atoms with Crippen molar-refractivity contribution in [3.63, 3.8) is 0 Å². The summed E-state index contributed by atoms with van der Waals surface area (Å²) >= 11 is 0.801. The molecule has 0 saturated heterocycles. The van der Waals surface area contributed by atoms with Crippen molar-refractivity contribution >= 4 is 11.8 Å². The van der Waals surface area contributed by atoms with E-state index in [1.54, 1.807) is 0 Å². The largest absolute Gasteiger partial charge is 0.300 e. The summed E-state index contributed by atoms with van der Waals surface area (Å²) in [7, 11) is 0. The number of nitrogens with two attached hydrogens (primary N) is 1. The van der Waals surface area contributed by atoms with Gasteiger partial charge in [-0.25, -0.2) is 19.1 Å². The first kappa shape index (κ1) is 11.4. The highest BCUT2D eigenvalue weighted by Gasteiger charge is 2.17. The highest BCUT2D eigenvalue weighted by molar-refractivity contribution is 7.98. The van der Waals surface area contributed by atoms with E-state index in [0.29, 0.717) is 0 Å². The molecule has 2 nitrogen and oxygen atoms in total. The zero-order chi connectivity index (χ0) is 10.7. The van der Waals surface area contributed by atoms with E-state index in [1.807, 2.05) is 0 Å². The van der Waals surface area contributed by atoms with Crippen LogP contribution >= 0.6 is 11.8 Å². The van der Waals surface area contributed by atoms with Crippen LogP contribution in [0.3, 0.4) is 0 Å². The molecule has 1 aromatic rings. The molecule has 78 valence electrons. The lowest BCUT2D eigenvalue weighted by Gasteiger charge is -2.06. The Hall–Kier alpha value is -0.720. The van der Waals surface area contributed by atoms with Gasteiger partial charge in [0.2, 0.25) is 0 Å². The second-order valence-electron chi connectivity index (χ2n) is 2.49. The Morgan fingerprint density at radius 1 is 1.36 bits per heavy atom. The zero-order valence-electron chi connectivity index (χ0n) is 7.31. The summed E-state index contributed by atoms with van der Waals surface area (Å²) in [6, 6.07) is 0.872.